The van der Waals surface area contributed by atoms with E-state index in [-0.39, 0.29) is 0 Å². The van der Waals surface area contributed by atoms with Crippen molar-refractivity contribution in [3.05, 3.63) is 105 Å². The van der Waals surface area contributed by atoms with Gasteiger partial charge in [-0.2, -0.15) is 0 Å². The second-order valence-corrected chi connectivity index (χ2v) is 10.7. The van der Waals surface area contributed by atoms with Crippen molar-refractivity contribution < 1.29 is 9.47 Å². The monoisotopic (exact) mass is 578 g/mol. The molecule has 4 nitrogen and oxygen atoms in total. The summed E-state index contributed by atoms with van der Waals surface area (Å²) in [7, 11) is 1.64. The van der Waals surface area contributed by atoms with Crippen LogP contribution in [0.4, 0.5) is 5.69 Å². The SMILES string of the molecule is COc1cc(CNc2ccc(-c3nc4ccc(C)cc4s3)cc2)c(Br)cc1OCc1ccccc1Cl. The van der Waals surface area contributed by atoms with E-state index >= 15 is 0 Å². The van der Waals surface area contributed by atoms with Crippen molar-refractivity contribution >= 4 is 54.8 Å². The van der Waals surface area contributed by atoms with Gasteiger partial charge in [-0.05, 0) is 72.6 Å². The van der Waals surface area contributed by atoms with Crippen LogP contribution in [0, 0.1) is 6.92 Å². The van der Waals surface area contributed by atoms with E-state index in [4.69, 9.17) is 26.1 Å². The first-order valence-corrected chi connectivity index (χ1v) is 13.4. The molecule has 1 N–H and O–H groups in total. The molecule has 0 radical (unpaired) electrons. The van der Waals surface area contributed by atoms with E-state index in [1.54, 1.807) is 18.4 Å². The number of rotatable bonds is 8. The predicted molar refractivity (Wildman–Crippen MR) is 154 cm³/mol. The highest BCUT2D eigenvalue weighted by Crippen LogP contribution is 2.35. The lowest BCUT2D eigenvalue weighted by Gasteiger charge is -2.15. The van der Waals surface area contributed by atoms with E-state index in [1.807, 2.05) is 36.4 Å². The second kappa shape index (κ2) is 10.9. The number of thiazole rings is 1. The molecule has 0 saturated carbocycles. The molecule has 0 bridgehead atoms. The standard InChI is InChI=1S/C29H24BrClN2O2S/c1-18-7-12-25-28(13-18)36-29(33-25)19-8-10-22(11-9-19)32-16-21-14-26(34-2)27(15-23(21)30)35-17-20-5-3-4-6-24(20)31/h3-15,32H,16-17H2,1-2H3. The normalized spacial score (nSPS) is 11.0. The van der Waals surface area contributed by atoms with Crippen LogP contribution in [-0.2, 0) is 13.2 Å². The Bertz CT molecular complexity index is 1520. The van der Waals surface area contributed by atoms with E-state index in [0.29, 0.717) is 29.7 Å². The molecule has 0 unspecified atom stereocenters. The summed E-state index contributed by atoms with van der Waals surface area (Å²) in [6.45, 7) is 3.09. The number of nitrogens with zero attached hydrogens (tertiary/aromatic N) is 1. The molecule has 5 aromatic rings. The molecule has 1 aromatic heterocycles. The zero-order valence-electron chi connectivity index (χ0n) is 19.8. The van der Waals surface area contributed by atoms with Crippen molar-refractivity contribution in [2.24, 2.45) is 0 Å². The van der Waals surface area contributed by atoms with Crippen LogP contribution >= 0.6 is 38.9 Å². The largest absolute Gasteiger partial charge is 0.493 e. The van der Waals surface area contributed by atoms with Gasteiger partial charge in [0.15, 0.2) is 11.5 Å². The highest BCUT2D eigenvalue weighted by atomic mass is 79.9. The van der Waals surface area contributed by atoms with Crippen molar-refractivity contribution in [1.82, 2.24) is 4.98 Å². The van der Waals surface area contributed by atoms with Crippen LogP contribution in [-0.4, -0.2) is 12.1 Å². The Hall–Kier alpha value is -3.06. The van der Waals surface area contributed by atoms with Crippen LogP contribution in [0.5, 0.6) is 11.5 Å². The third-order valence-electron chi connectivity index (χ3n) is 5.83. The maximum Gasteiger partial charge on any atom is 0.162 e. The number of hydrogen-bond acceptors (Lipinski definition) is 5. The van der Waals surface area contributed by atoms with Crippen molar-refractivity contribution in [3.63, 3.8) is 0 Å². The molecule has 0 spiro atoms. The van der Waals surface area contributed by atoms with Gasteiger partial charge in [-0.1, -0.05) is 51.8 Å². The minimum atomic E-state index is 0.362. The molecule has 0 aliphatic heterocycles. The summed E-state index contributed by atoms with van der Waals surface area (Å²) in [6, 6.07) is 26.3. The van der Waals surface area contributed by atoms with Gasteiger partial charge in [-0.25, -0.2) is 4.98 Å². The first-order valence-electron chi connectivity index (χ1n) is 11.4. The molecule has 0 aliphatic rings. The van der Waals surface area contributed by atoms with Gasteiger partial charge >= 0.3 is 0 Å². The van der Waals surface area contributed by atoms with Crippen LogP contribution in [0.25, 0.3) is 20.8 Å². The first kappa shape index (κ1) is 24.6. The zero-order valence-corrected chi connectivity index (χ0v) is 23.0. The number of nitrogens with one attached hydrogen (secondary N) is 1. The summed E-state index contributed by atoms with van der Waals surface area (Å²) < 4.78 is 13.8. The Labute approximate surface area is 228 Å². The minimum Gasteiger partial charge on any atom is -0.493 e. The van der Waals surface area contributed by atoms with Crippen molar-refractivity contribution in [2.45, 2.75) is 20.1 Å². The number of halogens is 2. The van der Waals surface area contributed by atoms with E-state index in [0.717, 1.165) is 37.4 Å². The van der Waals surface area contributed by atoms with Crippen LogP contribution in [0.15, 0.2) is 83.3 Å². The maximum absolute atomic E-state index is 6.26. The molecule has 0 fully saturated rings. The Morgan fingerprint density at radius 3 is 2.53 bits per heavy atom. The van der Waals surface area contributed by atoms with Gasteiger partial charge in [-0.3, -0.25) is 0 Å². The van der Waals surface area contributed by atoms with E-state index < -0.39 is 0 Å². The summed E-state index contributed by atoms with van der Waals surface area (Å²) in [5.41, 5.74) is 6.42. The molecule has 0 atom stereocenters. The molecular weight excluding hydrogens is 556 g/mol. The minimum absolute atomic E-state index is 0.362. The number of ether oxygens (including phenoxy) is 2. The molecule has 1 heterocycles. The molecule has 0 amide bonds. The second-order valence-electron chi connectivity index (χ2n) is 8.40. The van der Waals surface area contributed by atoms with Gasteiger partial charge in [-0.15, -0.1) is 11.3 Å². The van der Waals surface area contributed by atoms with Crippen LogP contribution < -0.4 is 14.8 Å². The van der Waals surface area contributed by atoms with E-state index in [9.17, 15) is 0 Å². The number of hydrogen-bond donors (Lipinski definition) is 1. The van der Waals surface area contributed by atoms with Gasteiger partial charge in [0.2, 0.25) is 0 Å². The number of aryl methyl sites for hydroxylation is 1. The van der Waals surface area contributed by atoms with Crippen LogP contribution in [0.2, 0.25) is 5.02 Å². The molecule has 4 aromatic carbocycles. The predicted octanol–water partition coefficient (Wildman–Crippen LogP) is 8.89. The summed E-state index contributed by atoms with van der Waals surface area (Å²) in [5.74, 6) is 1.33. The molecular formula is C29H24BrClN2O2S. The van der Waals surface area contributed by atoms with Gasteiger partial charge < -0.3 is 14.8 Å². The summed E-state index contributed by atoms with van der Waals surface area (Å²) >= 11 is 11.7. The highest BCUT2D eigenvalue weighted by Gasteiger charge is 2.12. The number of anilines is 1. The summed E-state index contributed by atoms with van der Waals surface area (Å²) in [4.78, 5) is 4.78. The maximum atomic E-state index is 6.26. The average Bonchev–Trinajstić information content (AvgIpc) is 3.31. The van der Waals surface area contributed by atoms with Gasteiger partial charge in [0.05, 0.1) is 17.3 Å². The topological polar surface area (TPSA) is 43.4 Å². The number of methoxy groups -OCH3 is 1. The third-order valence-corrected chi connectivity index (χ3v) is 8.01. The molecule has 5 rings (SSSR count). The van der Waals surface area contributed by atoms with E-state index in [1.165, 1.54) is 10.3 Å². The average molecular weight is 580 g/mol. The lowest BCUT2D eigenvalue weighted by molar-refractivity contribution is 0.284. The van der Waals surface area contributed by atoms with Crippen molar-refractivity contribution in [3.8, 4) is 22.1 Å². The lowest BCUT2D eigenvalue weighted by atomic mass is 10.1. The smallest absolute Gasteiger partial charge is 0.162 e. The first-order chi connectivity index (χ1) is 17.5. The summed E-state index contributed by atoms with van der Waals surface area (Å²) in [6.07, 6.45) is 0. The van der Waals surface area contributed by atoms with Gasteiger partial charge in [0, 0.05) is 32.9 Å². The number of aromatic nitrogens is 1. The van der Waals surface area contributed by atoms with Crippen LogP contribution in [0.3, 0.4) is 0 Å². The quantitative estimate of drug-likeness (QED) is 0.199. The zero-order chi connectivity index (χ0) is 25.1. The summed E-state index contributed by atoms with van der Waals surface area (Å²) in [5, 5.41) is 5.20. The van der Waals surface area contributed by atoms with Gasteiger partial charge in [0.1, 0.15) is 11.6 Å². The van der Waals surface area contributed by atoms with Crippen molar-refractivity contribution in [2.75, 3.05) is 12.4 Å². The Morgan fingerprint density at radius 2 is 1.75 bits per heavy atom. The fraction of sp³-hybridized carbons (Fsp3) is 0.138. The fourth-order valence-corrected chi connectivity index (χ4v) is 5.56. The molecule has 36 heavy (non-hydrogen) atoms. The Morgan fingerprint density at radius 1 is 0.944 bits per heavy atom. The Balaban J connectivity index is 1.26. The highest BCUT2D eigenvalue weighted by molar-refractivity contribution is 9.10. The number of benzene rings is 4. The molecule has 0 saturated heterocycles. The fourth-order valence-electron chi connectivity index (χ4n) is 3.84. The van der Waals surface area contributed by atoms with Gasteiger partial charge in [0.25, 0.3) is 0 Å². The number of fused-ring (bicyclic) bond motifs is 1. The molecule has 7 heteroatoms. The van der Waals surface area contributed by atoms with Crippen molar-refractivity contribution in [1.29, 1.82) is 0 Å². The Kier molecular flexibility index (Phi) is 7.46. The lowest BCUT2D eigenvalue weighted by Crippen LogP contribution is -2.03. The molecule has 0 aliphatic carbocycles. The molecule has 182 valence electrons. The van der Waals surface area contributed by atoms with E-state index in [2.05, 4.69) is 70.6 Å². The third kappa shape index (κ3) is 5.51. The van der Waals surface area contributed by atoms with Crippen LogP contribution in [0.1, 0.15) is 16.7 Å².